The minimum Gasteiger partial charge on any atom is -0.394 e. The zero-order chi connectivity index (χ0) is 16.7. The van der Waals surface area contributed by atoms with Crippen LogP contribution in [-0.2, 0) is 17.8 Å². The van der Waals surface area contributed by atoms with Crippen LogP contribution < -0.4 is 5.32 Å². The predicted octanol–water partition coefficient (Wildman–Crippen LogP) is 2.86. The Morgan fingerprint density at radius 3 is 2.22 bits per heavy atom. The predicted molar refractivity (Wildman–Crippen MR) is 90.3 cm³/mol. The van der Waals surface area contributed by atoms with Crippen molar-refractivity contribution in [2.75, 3.05) is 13.7 Å². The maximum absolute atomic E-state index is 12.3. The maximum Gasteiger partial charge on any atom is 0.251 e. The van der Waals surface area contributed by atoms with E-state index in [0.29, 0.717) is 12.2 Å². The summed E-state index contributed by atoms with van der Waals surface area (Å²) in [6.07, 6.45) is 0.963. The summed E-state index contributed by atoms with van der Waals surface area (Å²) >= 11 is 0. The van der Waals surface area contributed by atoms with Crippen molar-refractivity contribution < 1.29 is 14.6 Å². The number of hydrogen-bond acceptors (Lipinski definition) is 3. The smallest absolute Gasteiger partial charge is 0.251 e. The highest BCUT2D eigenvalue weighted by Crippen LogP contribution is 2.15. The van der Waals surface area contributed by atoms with Crippen molar-refractivity contribution in [3.05, 3.63) is 70.8 Å². The first-order valence-corrected chi connectivity index (χ1v) is 7.76. The third kappa shape index (κ3) is 4.65. The van der Waals surface area contributed by atoms with E-state index in [0.717, 1.165) is 17.5 Å². The Balaban J connectivity index is 2.06. The van der Waals surface area contributed by atoms with E-state index in [9.17, 15) is 9.90 Å². The second-order valence-electron chi connectivity index (χ2n) is 5.43. The molecule has 0 fully saturated rings. The first kappa shape index (κ1) is 17.2. The molecule has 2 rings (SSSR count). The van der Waals surface area contributed by atoms with Gasteiger partial charge in [0.05, 0.1) is 19.3 Å². The van der Waals surface area contributed by atoms with Gasteiger partial charge < -0.3 is 15.2 Å². The number of amides is 1. The number of benzene rings is 2. The van der Waals surface area contributed by atoms with Crippen molar-refractivity contribution in [2.45, 2.75) is 26.0 Å². The van der Waals surface area contributed by atoms with Crippen LogP contribution in [0.1, 0.15) is 40.0 Å². The van der Waals surface area contributed by atoms with E-state index in [4.69, 9.17) is 4.74 Å². The van der Waals surface area contributed by atoms with Gasteiger partial charge in [-0.05, 0) is 35.2 Å². The minimum absolute atomic E-state index is 0.140. The normalized spacial score (nSPS) is 12.0. The van der Waals surface area contributed by atoms with Crippen molar-refractivity contribution in [2.24, 2.45) is 0 Å². The molecular formula is C19H23NO3. The Bertz CT molecular complexity index is 620. The van der Waals surface area contributed by atoms with Crippen molar-refractivity contribution in [3.63, 3.8) is 0 Å². The van der Waals surface area contributed by atoms with E-state index >= 15 is 0 Å². The highest BCUT2D eigenvalue weighted by Gasteiger charge is 2.15. The molecule has 0 bridgehead atoms. The lowest BCUT2D eigenvalue weighted by atomic mass is 10.0. The summed E-state index contributed by atoms with van der Waals surface area (Å²) in [5.41, 5.74) is 3.70. The molecule has 4 nitrogen and oxygen atoms in total. The summed E-state index contributed by atoms with van der Waals surface area (Å²) in [6.45, 7) is 2.47. The van der Waals surface area contributed by atoms with Crippen molar-refractivity contribution in [3.8, 4) is 0 Å². The summed E-state index contributed by atoms with van der Waals surface area (Å²) in [7, 11) is 1.64. The number of hydrogen-bond donors (Lipinski definition) is 2. The minimum atomic E-state index is -0.410. The third-order valence-electron chi connectivity index (χ3n) is 3.81. The number of methoxy groups -OCH3 is 1. The number of nitrogens with one attached hydrogen (secondary N) is 1. The van der Waals surface area contributed by atoms with E-state index < -0.39 is 6.04 Å². The van der Waals surface area contributed by atoms with E-state index in [1.54, 1.807) is 19.2 Å². The topological polar surface area (TPSA) is 58.6 Å². The molecular weight excluding hydrogens is 290 g/mol. The summed E-state index contributed by atoms with van der Waals surface area (Å²) in [4.78, 5) is 12.3. The average Bonchev–Trinajstić information content (AvgIpc) is 2.60. The molecule has 0 radical (unpaired) electrons. The van der Waals surface area contributed by atoms with Gasteiger partial charge in [0, 0.05) is 12.7 Å². The van der Waals surface area contributed by atoms with E-state index in [-0.39, 0.29) is 12.5 Å². The van der Waals surface area contributed by atoms with E-state index in [1.165, 1.54) is 5.56 Å². The maximum atomic E-state index is 12.3. The van der Waals surface area contributed by atoms with Gasteiger partial charge in [0.15, 0.2) is 0 Å². The lowest BCUT2D eigenvalue weighted by molar-refractivity contribution is 0.0916. The molecule has 0 heterocycles. The molecule has 1 atom stereocenters. The van der Waals surface area contributed by atoms with Gasteiger partial charge in [-0.3, -0.25) is 4.79 Å². The van der Waals surface area contributed by atoms with Gasteiger partial charge >= 0.3 is 0 Å². The van der Waals surface area contributed by atoms with Crippen LogP contribution in [0.25, 0.3) is 0 Å². The SMILES string of the molecule is CCc1ccc(C(CO)NC(=O)c2ccc(COC)cc2)cc1. The molecule has 0 saturated carbocycles. The van der Waals surface area contributed by atoms with Crippen LogP contribution in [0.3, 0.4) is 0 Å². The Morgan fingerprint density at radius 1 is 1.09 bits per heavy atom. The highest BCUT2D eigenvalue weighted by molar-refractivity contribution is 5.94. The molecule has 2 aromatic rings. The molecule has 0 aromatic heterocycles. The van der Waals surface area contributed by atoms with Gasteiger partial charge in [-0.2, -0.15) is 0 Å². The number of aryl methyl sites for hydroxylation is 1. The first-order valence-electron chi connectivity index (χ1n) is 7.76. The van der Waals surface area contributed by atoms with Crippen molar-refractivity contribution in [1.82, 2.24) is 5.32 Å². The fraction of sp³-hybridized carbons (Fsp3) is 0.316. The van der Waals surface area contributed by atoms with Crippen LogP contribution in [0.5, 0.6) is 0 Å². The van der Waals surface area contributed by atoms with Gasteiger partial charge in [0.1, 0.15) is 0 Å². The van der Waals surface area contributed by atoms with Gasteiger partial charge in [-0.25, -0.2) is 0 Å². The van der Waals surface area contributed by atoms with E-state index in [1.807, 2.05) is 36.4 Å². The molecule has 0 aliphatic heterocycles. The van der Waals surface area contributed by atoms with Crippen LogP contribution in [0, 0.1) is 0 Å². The Kier molecular flexibility index (Phi) is 6.32. The fourth-order valence-corrected chi connectivity index (χ4v) is 2.38. The molecule has 1 unspecified atom stereocenters. The summed E-state index contributed by atoms with van der Waals surface area (Å²) in [5, 5.41) is 12.5. The molecule has 122 valence electrons. The standard InChI is InChI=1S/C19H23NO3/c1-3-14-4-8-16(9-5-14)18(12-21)20-19(22)17-10-6-15(7-11-17)13-23-2/h4-11,18,21H,3,12-13H2,1-2H3,(H,20,22). The monoisotopic (exact) mass is 313 g/mol. The lowest BCUT2D eigenvalue weighted by Gasteiger charge is -2.17. The van der Waals surface area contributed by atoms with Crippen LogP contribution in [-0.4, -0.2) is 24.7 Å². The largest absolute Gasteiger partial charge is 0.394 e. The second kappa shape index (κ2) is 8.46. The summed E-state index contributed by atoms with van der Waals surface area (Å²) in [6, 6.07) is 14.8. The van der Waals surface area contributed by atoms with Crippen molar-refractivity contribution in [1.29, 1.82) is 0 Å². The van der Waals surface area contributed by atoms with Crippen LogP contribution in [0.4, 0.5) is 0 Å². The Hall–Kier alpha value is -2.17. The zero-order valence-electron chi connectivity index (χ0n) is 13.6. The molecule has 0 spiro atoms. The lowest BCUT2D eigenvalue weighted by Crippen LogP contribution is -2.30. The number of aliphatic hydroxyl groups is 1. The van der Waals surface area contributed by atoms with Gasteiger partial charge in [0.2, 0.25) is 0 Å². The Labute approximate surface area is 137 Å². The van der Waals surface area contributed by atoms with Gasteiger partial charge in [0.25, 0.3) is 5.91 Å². The summed E-state index contributed by atoms with van der Waals surface area (Å²) < 4.78 is 5.05. The van der Waals surface area contributed by atoms with Crippen LogP contribution in [0.2, 0.25) is 0 Å². The fourth-order valence-electron chi connectivity index (χ4n) is 2.38. The molecule has 23 heavy (non-hydrogen) atoms. The quantitative estimate of drug-likeness (QED) is 0.826. The molecule has 1 amide bonds. The Morgan fingerprint density at radius 2 is 1.70 bits per heavy atom. The number of ether oxygens (including phenoxy) is 1. The number of rotatable bonds is 7. The van der Waals surface area contributed by atoms with E-state index in [2.05, 4.69) is 12.2 Å². The third-order valence-corrected chi connectivity index (χ3v) is 3.81. The van der Waals surface area contributed by atoms with Crippen LogP contribution in [0.15, 0.2) is 48.5 Å². The highest BCUT2D eigenvalue weighted by atomic mass is 16.5. The van der Waals surface area contributed by atoms with Gasteiger partial charge in [-0.1, -0.05) is 43.3 Å². The second-order valence-corrected chi connectivity index (χ2v) is 5.43. The van der Waals surface area contributed by atoms with Crippen molar-refractivity contribution >= 4 is 5.91 Å². The average molecular weight is 313 g/mol. The molecule has 2 N–H and O–H groups in total. The molecule has 0 aliphatic rings. The number of aliphatic hydroxyl groups excluding tert-OH is 1. The molecule has 0 aliphatic carbocycles. The summed E-state index contributed by atoms with van der Waals surface area (Å²) in [5.74, 6) is -0.201. The zero-order valence-corrected chi connectivity index (χ0v) is 13.6. The molecule has 2 aromatic carbocycles. The van der Waals surface area contributed by atoms with Crippen LogP contribution >= 0.6 is 0 Å². The first-order chi connectivity index (χ1) is 11.2. The number of carbonyl (C=O) groups is 1. The van der Waals surface area contributed by atoms with Gasteiger partial charge in [-0.15, -0.1) is 0 Å². The molecule has 4 heteroatoms. The molecule has 0 saturated heterocycles. The number of carbonyl (C=O) groups excluding carboxylic acids is 1.